The van der Waals surface area contributed by atoms with Crippen LogP contribution >= 0.6 is 11.6 Å². The lowest BCUT2D eigenvalue weighted by Crippen LogP contribution is -2.35. The monoisotopic (exact) mass is 290 g/mol. The summed E-state index contributed by atoms with van der Waals surface area (Å²) in [5.41, 5.74) is 0.418. The molecule has 2 N–H and O–H groups in total. The predicted octanol–water partition coefficient (Wildman–Crippen LogP) is 2.47. The Morgan fingerprint density at radius 3 is 2.61 bits per heavy atom. The number of halogens is 1. The number of hydrogen-bond donors (Lipinski definition) is 2. The van der Waals surface area contributed by atoms with Crippen molar-refractivity contribution in [2.45, 2.75) is 25.5 Å². The Hall–Kier alpha value is -0.780. The van der Waals surface area contributed by atoms with Crippen LogP contribution in [-0.4, -0.2) is 26.8 Å². The van der Waals surface area contributed by atoms with Crippen LogP contribution in [0.5, 0.6) is 0 Å². The fraction of sp³-hybridized carbons (Fsp3) is 0.500. The average molecular weight is 291 g/mol. The van der Waals surface area contributed by atoms with Crippen molar-refractivity contribution in [1.29, 1.82) is 0 Å². The fourth-order valence-corrected chi connectivity index (χ4v) is 2.65. The van der Waals surface area contributed by atoms with Crippen molar-refractivity contribution >= 4 is 27.3 Å². The van der Waals surface area contributed by atoms with Crippen LogP contribution in [0.15, 0.2) is 24.3 Å². The first kappa shape index (κ1) is 15.3. The van der Waals surface area contributed by atoms with Crippen molar-refractivity contribution < 1.29 is 8.42 Å². The Kier molecular flexibility index (Phi) is 5.91. The zero-order valence-electron chi connectivity index (χ0n) is 10.6. The van der Waals surface area contributed by atoms with E-state index >= 15 is 0 Å². The van der Waals surface area contributed by atoms with E-state index in [0.29, 0.717) is 17.3 Å². The molecule has 0 aliphatic heterocycles. The van der Waals surface area contributed by atoms with Crippen molar-refractivity contribution in [1.82, 2.24) is 5.32 Å². The Bertz CT molecular complexity index is 477. The van der Waals surface area contributed by atoms with Gasteiger partial charge in [0.1, 0.15) is 0 Å². The molecule has 1 rings (SSSR count). The topological polar surface area (TPSA) is 58.2 Å². The fourth-order valence-electron chi connectivity index (χ4n) is 1.39. The molecule has 0 bridgehead atoms. The lowest BCUT2D eigenvalue weighted by molar-refractivity contribution is 0.576. The van der Waals surface area contributed by atoms with Gasteiger partial charge in [0.15, 0.2) is 0 Å². The van der Waals surface area contributed by atoms with E-state index < -0.39 is 15.3 Å². The first-order chi connectivity index (χ1) is 8.47. The maximum atomic E-state index is 12.0. The van der Waals surface area contributed by atoms with E-state index in [1.165, 1.54) is 0 Å². The maximum Gasteiger partial charge on any atom is 0.236 e. The van der Waals surface area contributed by atoms with E-state index in [1.54, 1.807) is 31.2 Å². The summed E-state index contributed by atoms with van der Waals surface area (Å²) in [5, 5.41) is 2.97. The molecule has 1 atom stereocenters. The molecule has 0 aliphatic rings. The molecule has 0 fully saturated rings. The van der Waals surface area contributed by atoms with Gasteiger partial charge < -0.3 is 5.32 Å². The number of anilines is 1. The van der Waals surface area contributed by atoms with E-state index in [0.717, 1.165) is 13.0 Å². The molecule has 0 radical (unpaired) electrons. The molecule has 18 heavy (non-hydrogen) atoms. The average Bonchev–Trinajstić information content (AvgIpc) is 2.32. The highest BCUT2D eigenvalue weighted by Gasteiger charge is 2.20. The molecule has 0 aromatic heterocycles. The minimum absolute atomic E-state index is 0.398. The van der Waals surface area contributed by atoms with Crippen LogP contribution in [-0.2, 0) is 10.0 Å². The van der Waals surface area contributed by atoms with Gasteiger partial charge in [0.25, 0.3) is 0 Å². The highest BCUT2D eigenvalue weighted by Crippen LogP contribution is 2.22. The van der Waals surface area contributed by atoms with Gasteiger partial charge in [-0.15, -0.1) is 0 Å². The molecule has 1 unspecified atom stereocenters. The van der Waals surface area contributed by atoms with Crippen molar-refractivity contribution in [2.75, 3.05) is 17.8 Å². The number of benzene rings is 1. The summed E-state index contributed by atoms with van der Waals surface area (Å²) in [7, 11) is -3.41. The summed E-state index contributed by atoms with van der Waals surface area (Å²) >= 11 is 5.92. The molecule has 0 heterocycles. The van der Waals surface area contributed by atoms with Gasteiger partial charge in [-0.25, -0.2) is 8.42 Å². The van der Waals surface area contributed by atoms with Gasteiger partial charge >= 0.3 is 0 Å². The second kappa shape index (κ2) is 6.97. The third-order valence-electron chi connectivity index (χ3n) is 2.51. The van der Waals surface area contributed by atoms with Crippen molar-refractivity contribution in [3.05, 3.63) is 29.3 Å². The maximum absolute atomic E-state index is 12.0. The van der Waals surface area contributed by atoms with Gasteiger partial charge in [0.2, 0.25) is 10.0 Å². The number of rotatable bonds is 7. The zero-order chi connectivity index (χ0) is 13.6. The summed E-state index contributed by atoms with van der Waals surface area (Å²) in [5.74, 6) is 0. The van der Waals surface area contributed by atoms with E-state index in [9.17, 15) is 8.42 Å². The van der Waals surface area contributed by atoms with E-state index in [1.807, 2.05) is 6.92 Å². The van der Waals surface area contributed by atoms with Crippen molar-refractivity contribution in [3.63, 3.8) is 0 Å². The lowest BCUT2D eigenvalue weighted by atomic mass is 10.3. The molecule has 0 amide bonds. The largest absolute Gasteiger partial charge is 0.315 e. The van der Waals surface area contributed by atoms with Crippen LogP contribution in [0.2, 0.25) is 5.02 Å². The molecule has 0 aliphatic carbocycles. The first-order valence-corrected chi connectivity index (χ1v) is 7.86. The van der Waals surface area contributed by atoms with E-state index in [2.05, 4.69) is 10.0 Å². The molecular weight excluding hydrogens is 272 g/mol. The van der Waals surface area contributed by atoms with E-state index in [-0.39, 0.29) is 0 Å². The van der Waals surface area contributed by atoms with Gasteiger partial charge in [0, 0.05) is 6.54 Å². The highest BCUT2D eigenvalue weighted by atomic mass is 35.5. The third kappa shape index (κ3) is 4.48. The Balaban J connectivity index is 2.67. The summed E-state index contributed by atoms with van der Waals surface area (Å²) in [6, 6.07) is 6.79. The quantitative estimate of drug-likeness (QED) is 0.759. The molecule has 1 aromatic rings. The first-order valence-electron chi connectivity index (χ1n) is 5.94. The normalized spacial score (nSPS) is 13.3. The second-order valence-corrected chi connectivity index (χ2v) is 6.65. The molecule has 0 saturated heterocycles. The molecule has 0 spiro atoms. The van der Waals surface area contributed by atoms with Gasteiger partial charge in [0.05, 0.1) is 16.0 Å². The third-order valence-corrected chi connectivity index (χ3v) is 4.57. The molecular formula is C12H19ClN2O2S. The molecule has 4 nitrogen and oxygen atoms in total. The van der Waals surface area contributed by atoms with Crippen LogP contribution in [0.1, 0.15) is 20.3 Å². The summed E-state index contributed by atoms with van der Waals surface area (Å²) in [6.45, 7) is 4.94. The minimum atomic E-state index is -3.41. The van der Waals surface area contributed by atoms with Crippen LogP contribution in [0.25, 0.3) is 0 Å². The smallest absolute Gasteiger partial charge is 0.236 e. The SMILES string of the molecule is CCCNCC(C)S(=O)(=O)Nc1ccccc1Cl. The number of hydrogen-bond acceptors (Lipinski definition) is 3. The van der Waals surface area contributed by atoms with Crippen molar-refractivity contribution in [2.24, 2.45) is 0 Å². The van der Waals surface area contributed by atoms with Crippen LogP contribution in [0, 0.1) is 0 Å². The molecule has 6 heteroatoms. The van der Waals surface area contributed by atoms with Crippen molar-refractivity contribution in [3.8, 4) is 0 Å². The highest BCUT2D eigenvalue weighted by molar-refractivity contribution is 7.93. The standard InChI is InChI=1S/C12H19ClN2O2S/c1-3-8-14-9-10(2)18(16,17)15-12-7-5-4-6-11(12)13/h4-7,10,14-15H,3,8-9H2,1-2H3. The summed E-state index contributed by atoms with van der Waals surface area (Å²) < 4.78 is 26.6. The zero-order valence-corrected chi connectivity index (χ0v) is 12.2. The van der Waals surface area contributed by atoms with Crippen LogP contribution in [0.3, 0.4) is 0 Å². The number of para-hydroxylation sites is 1. The van der Waals surface area contributed by atoms with Gasteiger partial charge in [-0.05, 0) is 32.0 Å². The number of nitrogens with one attached hydrogen (secondary N) is 2. The number of sulfonamides is 1. The van der Waals surface area contributed by atoms with Gasteiger partial charge in [-0.2, -0.15) is 0 Å². The molecule has 0 saturated carbocycles. The van der Waals surface area contributed by atoms with Gasteiger partial charge in [-0.1, -0.05) is 30.7 Å². The lowest BCUT2D eigenvalue weighted by Gasteiger charge is -2.16. The Morgan fingerprint density at radius 2 is 2.00 bits per heavy atom. The van der Waals surface area contributed by atoms with Crippen LogP contribution in [0.4, 0.5) is 5.69 Å². The van der Waals surface area contributed by atoms with Crippen LogP contribution < -0.4 is 10.0 Å². The predicted molar refractivity (Wildman–Crippen MR) is 76.6 cm³/mol. The van der Waals surface area contributed by atoms with E-state index in [4.69, 9.17) is 11.6 Å². The Labute approximate surface area is 114 Å². The second-order valence-electron chi connectivity index (χ2n) is 4.14. The summed E-state index contributed by atoms with van der Waals surface area (Å²) in [4.78, 5) is 0. The Morgan fingerprint density at radius 1 is 1.33 bits per heavy atom. The molecule has 1 aromatic carbocycles. The minimum Gasteiger partial charge on any atom is -0.315 e. The summed E-state index contributed by atoms with van der Waals surface area (Å²) in [6.07, 6.45) is 0.977. The van der Waals surface area contributed by atoms with Gasteiger partial charge in [-0.3, -0.25) is 4.72 Å². The molecule has 102 valence electrons.